The summed E-state index contributed by atoms with van der Waals surface area (Å²) in [4.78, 5) is 12.2. The third-order valence-corrected chi connectivity index (χ3v) is 4.42. The lowest BCUT2D eigenvalue weighted by Gasteiger charge is -2.19. The summed E-state index contributed by atoms with van der Waals surface area (Å²) in [5, 5.41) is 0. The lowest BCUT2D eigenvalue weighted by molar-refractivity contribution is 0.0777. The molecule has 0 aliphatic rings. The highest BCUT2D eigenvalue weighted by atomic mass is 79.9. The number of nitrogens with one attached hydrogen (secondary N) is 1. The van der Waals surface area contributed by atoms with Crippen LogP contribution in [0.15, 0.2) is 35.6 Å². The van der Waals surface area contributed by atoms with Gasteiger partial charge in [-0.2, -0.15) is 4.72 Å². The number of halogens is 1. The van der Waals surface area contributed by atoms with Gasteiger partial charge in [0.1, 0.15) is 16.1 Å². The standard InChI is InChI=1S/C13H15BrN4O4S/c1-9-6-16-11(12(17-9)21-2)13(22-8-14)18-23(19,20)10-4-3-5-15-7-10/h3-7,13,18H,8H2,1-2H3. The third-order valence-electron chi connectivity index (χ3n) is 2.77. The second-order valence-corrected chi connectivity index (χ2v) is 6.54. The molecule has 2 rings (SSSR count). The molecule has 0 aliphatic heterocycles. The van der Waals surface area contributed by atoms with E-state index in [1.54, 1.807) is 6.92 Å². The summed E-state index contributed by atoms with van der Waals surface area (Å²) >= 11 is 3.11. The van der Waals surface area contributed by atoms with E-state index in [0.717, 1.165) is 0 Å². The highest BCUT2D eigenvalue weighted by molar-refractivity contribution is 9.09. The van der Waals surface area contributed by atoms with Crippen molar-refractivity contribution in [3.63, 3.8) is 0 Å². The van der Waals surface area contributed by atoms with Gasteiger partial charge in [-0.3, -0.25) is 4.98 Å². The van der Waals surface area contributed by atoms with Gasteiger partial charge in [-0.15, -0.1) is 0 Å². The number of hydrogen-bond donors (Lipinski definition) is 1. The number of hydrogen-bond acceptors (Lipinski definition) is 7. The fourth-order valence-corrected chi connectivity index (χ4v) is 3.06. The van der Waals surface area contributed by atoms with Gasteiger partial charge in [-0.25, -0.2) is 18.4 Å². The molecule has 0 aromatic carbocycles. The molecule has 2 aromatic heterocycles. The molecule has 10 heteroatoms. The minimum absolute atomic E-state index is 0.0159. The van der Waals surface area contributed by atoms with Gasteiger partial charge < -0.3 is 9.47 Å². The minimum atomic E-state index is -3.85. The van der Waals surface area contributed by atoms with E-state index in [1.165, 1.54) is 37.8 Å². The Morgan fingerprint density at radius 1 is 1.39 bits per heavy atom. The summed E-state index contributed by atoms with van der Waals surface area (Å²) in [5.74, 6) is 0.185. The Hall–Kier alpha value is -1.62. The van der Waals surface area contributed by atoms with Crippen LogP contribution in [0.5, 0.6) is 5.88 Å². The predicted octanol–water partition coefficient (Wildman–Crippen LogP) is 1.53. The molecule has 0 bridgehead atoms. The first-order chi connectivity index (χ1) is 11.0. The summed E-state index contributed by atoms with van der Waals surface area (Å²) in [5.41, 5.74) is 0.953. The molecular formula is C13H15BrN4O4S. The van der Waals surface area contributed by atoms with Gasteiger partial charge in [-0.1, -0.05) is 15.9 Å². The quantitative estimate of drug-likeness (QED) is 0.553. The number of sulfonamides is 1. The van der Waals surface area contributed by atoms with Crippen LogP contribution in [0, 0.1) is 6.92 Å². The lowest BCUT2D eigenvalue weighted by atomic mass is 10.3. The zero-order chi connectivity index (χ0) is 16.9. The van der Waals surface area contributed by atoms with Crippen molar-refractivity contribution < 1.29 is 17.9 Å². The topological polar surface area (TPSA) is 103 Å². The van der Waals surface area contributed by atoms with Crippen LogP contribution >= 0.6 is 15.9 Å². The molecule has 8 nitrogen and oxygen atoms in total. The first-order valence-corrected chi connectivity index (χ1v) is 9.06. The van der Waals surface area contributed by atoms with E-state index < -0.39 is 16.3 Å². The number of alkyl halides is 1. The molecule has 0 aliphatic carbocycles. The summed E-state index contributed by atoms with van der Waals surface area (Å²) in [6, 6.07) is 2.96. The number of nitrogens with zero attached hydrogens (tertiary/aromatic N) is 3. The summed E-state index contributed by atoms with van der Waals surface area (Å²) in [6.07, 6.45) is 3.16. The van der Waals surface area contributed by atoms with Crippen LogP contribution < -0.4 is 9.46 Å². The SMILES string of the molecule is COc1nc(C)cnc1C(NS(=O)(=O)c1cccnc1)OCBr. The number of aromatic nitrogens is 3. The molecule has 2 aromatic rings. The molecule has 124 valence electrons. The number of aryl methyl sites for hydroxylation is 1. The van der Waals surface area contributed by atoms with E-state index in [9.17, 15) is 8.42 Å². The first-order valence-electron chi connectivity index (χ1n) is 6.45. The van der Waals surface area contributed by atoms with Gasteiger partial charge in [0, 0.05) is 18.6 Å². The molecule has 23 heavy (non-hydrogen) atoms. The maximum absolute atomic E-state index is 12.4. The number of methoxy groups -OCH3 is 1. The molecule has 0 fully saturated rings. The van der Waals surface area contributed by atoms with Gasteiger partial charge in [0.2, 0.25) is 15.9 Å². The minimum Gasteiger partial charge on any atom is -0.480 e. The monoisotopic (exact) mass is 402 g/mol. The molecule has 2 heterocycles. The summed E-state index contributed by atoms with van der Waals surface area (Å²) < 4.78 is 37.8. The number of ether oxygens (including phenoxy) is 2. The second kappa shape index (κ2) is 7.77. The Morgan fingerprint density at radius 2 is 2.17 bits per heavy atom. The largest absolute Gasteiger partial charge is 0.480 e. The van der Waals surface area contributed by atoms with Crippen molar-refractivity contribution in [2.24, 2.45) is 0 Å². The molecule has 0 radical (unpaired) electrons. The van der Waals surface area contributed by atoms with Gasteiger partial charge >= 0.3 is 0 Å². The van der Waals surface area contributed by atoms with Crippen molar-refractivity contribution in [1.29, 1.82) is 0 Å². The van der Waals surface area contributed by atoms with Crippen molar-refractivity contribution in [2.75, 3.05) is 12.6 Å². The summed E-state index contributed by atoms with van der Waals surface area (Å²) in [6.45, 7) is 1.75. The smallest absolute Gasteiger partial charge is 0.244 e. The first kappa shape index (κ1) is 17.7. The summed E-state index contributed by atoms with van der Waals surface area (Å²) in [7, 11) is -2.42. The highest BCUT2D eigenvalue weighted by Crippen LogP contribution is 2.24. The zero-order valence-electron chi connectivity index (χ0n) is 12.4. The van der Waals surface area contributed by atoms with Crippen molar-refractivity contribution in [3.8, 4) is 5.88 Å². The van der Waals surface area contributed by atoms with Gasteiger partial charge in [0.05, 0.1) is 12.8 Å². The normalized spacial score (nSPS) is 12.8. The Morgan fingerprint density at radius 3 is 2.78 bits per heavy atom. The van der Waals surface area contributed by atoms with Crippen LogP contribution in [0.25, 0.3) is 0 Å². The second-order valence-electron chi connectivity index (χ2n) is 4.37. The molecular weight excluding hydrogens is 388 g/mol. The number of pyridine rings is 1. The van der Waals surface area contributed by atoms with Crippen LogP contribution in [0.2, 0.25) is 0 Å². The maximum Gasteiger partial charge on any atom is 0.244 e. The fourth-order valence-electron chi connectivity index (χ4n) is 1.74. The third kappa shape index (κ3) is 4.44. The van der Waals surface area contributed by atoms with Crippen LogP contribution in [0.4, 0.5) is 0 Å². The molecule has 0 saturated heterocycles. The lowest BCUT2D eigenvalue weighted by Crippen LogP contribution is -2.31. The van der Waals surface area contributed by atoms with Crippen molar-refractivity contribution >= 4 is 26.0 Å². The Balaban J connectivity index is 2.36. The molecule has 0 spiro atoms. The molecule has 0 amide bonds. The highest BCUT2D eigenvalue weighted by Gasteiger charge is 2.26. The van der Waals surface area contributed by atoms with E-state index in [1.807, 2.05) is 0 Å². The van der Waals surface area contributed by atoms with E-state index in [-0.39, 0.29) is 22.0 Å². The van der Waals surface area contributed by atoms with Crippen molar-refractivity contribution in [2.45, 2.75) is 18.0 Å². The van der Waals surface area contributed by atoms with Gasteiger partial charge in [-0.05, 0) is 19.1 Å². The van der Waals surface area contributed by atoms with Gasteiger partial charge in [0.15, 0.2) is 6.23 Å². The predicted molar refractivity (Wildman–Crippen MR) is 85.5 cm³/mol. The molecule has 1 N–H and O–H groups in total. The van der Waals surface area contributed by atoms with E-state index in [4.69, 9.17) is 9.47 Å². The van der Waals surface area contributed by atoms with E-state index >= 15 is 0 Å². The molecule has 1 atom stereocenters. The Bertz CT molecular complexity index is 758. The Labute approximate surface area is 142 Å². The number of rotatable bonds is 7. The Kier molecular flexibility index (Phi) is 5.99. The average molecular weight is 403 g/mol. The van der Waals surface area contributed by atoms with Crippen LogP contribution in [-0.4, -0.2) is 36.0 Å². The van der Waals surface area contributed by atoms with Crippen LogP contribution in [-0.2, 0) is 14.8 Å². The maximum atomic E-state index is 12.4. The van der Waals surface area contributed by atoms with Crippen LogP contribution in [0.1, 0.15) is 17.6 Å². The van der Waals surface area contributed by atoms with Crippen molar-refractivity contribution in [3.05, 3.63) is 42.1 Å². The molecule has 0 saturated carbocycles. The van der Waals surface area contributed by atoms with E-state index in [2.05, 4.69) is 35.6 Å². The molecule has 1 unspecified atom stereocenters. The van der Waals surface area contributed by atoms with Gasteiger partial charge in [0.25, 0.3) is 0 Å². The fraction of sp³-hybridized carbons (Fsp3) is 0.308. The van der Waals surface area contributed by atoms with Crippen LogP contribution in [0.3, 0.4) is 0 Å². The van der Waals surface area contributed by atoms with Crippen molar-refractivity contribution in [1.82, 2.24) is 19.7 Å². The van der Waals surface area contributed by atoms with E-state index in [0.29, 0.717) is 5.69 Å². The average Bonchev–Trinajstić information content (AvgIpc) is 2.55. The zero-order valence-corrected chi connectivity index (χ0v) is 14.8.